The summed E-state index contributed by atoms with van der Waals surface area (Å²) in [5.74, 6) is 2.01. The lowest BCUT2D eigenvalue weighted by Crippen LogP contribution is -2.40. The Morgan fingerprint density at radius 2 is 1.82 bits per heavy atom. The smallest absolute Gasteiger partial charge is 0.225 e. The molecule has 0 amide bonds. The molecule has 2 aromatic heterocycles. The van der Waals surface area contributed by atoms with Gasteiger partial charge in [0.15, 0.2) is 0 Å². The van der Waals surface area contributed by atoms with Gasteiger partial charge >= 0.3 is 0 Å². The van der Waals surface area contributed by atoms with Crippen molar-refractivity contribution in [2.45, 2.75) is 45.7 Å². The molecule has 1 fully saturated rings. The van der Waals surface area contributed by atoms with Crippen molar-refractivity contribution in [2.75, 3.05) is 17.2 Å². The summed E-state index contributed by atoms with van der Waals surface area (Å²) in [5.41, 5.74) is 3.83. The minimum atomic E-state index is -0.170. The average molecular weight is 474 g/mol. The summed E-state index contributed by atoms with van der Waals surface area (Å²) in [4.78, 5) is 14.7. The van der Waals surface area contributed by atoms with Gasteiger partial charge < -0.3 is 15.7 Å². The second-order valence-electron chi connectivity index (χ2n) is 9.49. The van der Waals surface area contributed by atoms with Crippen LogP contribution in [-0.4, -0.2) is 32.2 Å². The maximum atomic E-state index is 9.84. The maximum absolute atomic E-state index is 9.84. The molecule has 6 nitrogen and oxygen atoms in total. The van der Waals surface area contributed by atoms with Crippen molar-refractivity contribution in [1.82, 2.24) is 15.0 Å². The Morgan fingerprint density at radius 1 is 1.06 bits per heavy atom. The maximum Gasteiger partial charge on any atom is 0.225 e. The fraction of sp³-hybridized carbons (Fsp3) is 0.370. The van der Waals surface area contributed by atoms with Crippen molar-refractivity contribution in [3.8, 4) is 10.6 Å². The molecule has 0 spiro atoms. The zero-order chi connectivity index (χ0) is 23.7. The molecular weight excluding hydrogens is 442 g/mol. The van der Waals surface area contributed by atoms with E-state index >= 15 is 0 Å². The highest BCUT2D eigenvalue weighted by atomic mass is 32.1. The second-order valence-corrected chi connectivity index (χ2v) is 10.5. The Labute approximate surface area is 204 Å². The van der Waals surface area contributed by atoms with Crippen LogP contribution >= 0.6 is 11.3 Å². The van der Waals surface area contributed by atoms with Gasteiger partial charge in [0.25, 0.3) is 0 Å². The first-order valence-corrected chi connectivity index (χ1v) is 12.7. The van der Waals surface area contributed by atoms with Crippen LogP contribution < -0.4 is 10.6 Å². The molecule has 0 bridgehead atoms. The number of anilines is 2. The summed E-state index contributed by atoms with van der Waals surface area (Å²) < 4.78 is 1.15. The van der Waals surface area contributed by atoms with Crippen LogP contribution in [0, 0.1) is 18.8 Å². The first-order chi connectivity index (χ1) is 16.5. The zero-order valence-corrected chi connectivity index (χ0v) is 20.7. The number of nitrogens with one attached hydrogen (secondary N) is 2. The highest BCUT2D eigenvalue weighted by Crippen LogP contribution is 2.44. The Balaban J connectivity index is 1.54. The van der Waals surface area contributed by atoms with Crippen molar-refractivity contribution in [2.24, 2.45) is 11.8 Å². The predicted molar refractivity (Wildman–Crippen MR) is 140 cm³/mol. The van der Waals surface area contributed by atoms with Crippen LogP contribution in [0.5, 0.6) is 0 Å². The highest BCUT2D eigenvalue weighted by Gasteiger charge is 2.42. The Bertz CT molecular complexity index is 1260. The number of aromatic nitrogens is 3. The first kappa shape index (κ1) is 22.7. The number of para-hydroxylation sites is 1. The van der Waals surface area contributed by atoms with Crippen LogP contribution in [-0.2, 0) is 6.54 Å². The topological polar surface area (TPSA) is 83.0 Å². The van der Waals surface area contributed by atoms with Gasteiger partial charge in [-0.25, -0.2) is 9.97 Å². The molecule has 1 saturated carbocycles. The molecule has 0 radical (unpaired) electrons. The predicted octanol–water partition coefficient (Wildman–Crippen LogP) is 5.88. The van der Waals surface area contributed by atoms with Gasteiger partial charge in [-0.2, -0.15) is 4.98 Å². The normalized spacial score (nSPS) is 22.2. The van der Waals surface area contributed by atoms with Gasteiger partial charge in [0, 0.05) is 18.7 Å². The molecule has 3 atom stereocenters. The molecule has 3 unspecified atom stereocenters. The van der Waals surface area contributed by atoms with Gasteiger partial charge in [0.2, 0.25) is 5.95 Å². The molecule has 34 heavy (non-hydrogen) atoms. The fourth-order valence-corrected chi connectivity index (χ4v) is 6.00. The van der Waals surface area contributed by atoms with E-state index in [0.717, 1.165) is 45.1 Å². The molecule has 0 aliphatic heterocycles. The lowest BCUT2D eigenvalue weighted by atomic mass is 9.86. The van der Waals surface area contributed by atoms with E-state index < -0.39 is 0 Å². The van der Waals surface area contributed by atoms with Crippen molar-refractivity contribution < 1.29 is 5.11 Å². The second kappa shape index (κ2) is 9.31. The van der Waals surface area contributed by atoms with Gasteiger partial charge in [0.1, 0.15) is 10.8 Å². The van der Waals surface area contributed by atoms with Gasteiger partial charge in [0.05, 0.1) is 21.5 Å². The van der Waals surface area contributed by atoms with Crippen LogP contribution in [0.25, 0.3) is 20.8 Å². The fourth-order valence-electron chi connectivity index (χ4n) is 4.93. The number of rotatable bonds is 7. The largest absolute Gasteiger partial charge is 0.396 e. The summed E-state index contributed by atoms with van der Waals surface area (Å²) in [6, 6.07) is 18.5. The van der Waals surface area contributed by atoms with E-state index in [0.29, 0.717) is 24.3 Å². The Morgan fingerprint density at radius 3 is 2.56 bits per heavy atom. The summed E-state index contributed by atoms with van der Waals surface area (Å²) in [7, 11) is 0. The van der Waals surface area contributed by atoms with Gasteiger partial charge in [-0.3, -0.25) is 0 Å². The third-order valence-electron chi connectivity index (χ3n) is 7.28. The van der Waals surface area contributed by atoms with E-state index in [-0.39, 0.29) is 12.1 Å². The molecular formula is C27H31N5OS. The number of hydrogen-bond donors (Lipinski definition) is 3. The van der Waals surface area contributed by atoms with Crippen LogP contribution in [0.4, 0.5) is 11.8 Å². The highest BCUT2D eigenvalue weighted by molar-refractivity contribution is 7.21. The van der Waals surface area contributed by atoms with E-state index in [1.165, 1.54) is 5.56 Å². The van der Waals surface area contributed by atoms with Gasteiger partial charge in [-0.05, 0) is 56.2 Å². The number of hydrogen-bond acceptors (Lipinski definition) is 7. The van der Waals surface area contributed by atoms with Crippen LogP contribution in [0.2, 0.25) is 0 Å². The Kier molecular flexibility index (Phi) is 6.23. The lowest BCUT2D eigenvalue weighted by Gasteiger charge is -2.34. The molecule has 5 rings (SSSR count). The molecule has 1 aliphatic rings. The van der Waals surface area contributed by atoms with Crippen molar-refractivity contribution >= 4 is 33.3 Å². The number of fused-ring (bicyclic) bond motifs is 1. The monoisotopic (exact) mass is 473 g/mol. The number of aliphatic hydroxyl groups is 1. The SMILES string of the molecule is Cc1nc(NCc2ccccc2)nc(NC2(C)CCC(CO)C2C)c1-c1nc2ccccc2s1. The summed E-state index contributed by atoms with van der Waals surface area (Å²) >= 11 is 1.67. The van der Waals surface area contributed by atoms with Gasteiger partial charge in [-0.1, -0.05) is 49.4 Å². The van der Waals surface area contributed by atoms with Gasteiger partial charge in [-0.15, -0.1) is 11.3 Å². The van der Waals surface area contributed by atoms with Crippen molar-refractivity contribution in [1.29, 1.82) is 0 Å². The third kappa shape index (κ3) is 4.38. The summed E-state index contributed by atoms with van der Waals surface area (Å²) in [5, 5.41) is 17.9. The van der Waals surface area contributed by atoms with Crippen LogP contribution in [0.1, 0.15) is 37.9 Å². The zero-order valence-electron chi connectivity index (χ0n) is 19.9. The van der Waals surface area contributed by atoms with E-state index in [1.807, 2.05) is 43.3 Å². The minimum Gasteiger partial charge on any atom is -0.396 e. The molecule has 176 valence electrons. The van der Waals surface area contributed by atoms with E-state index in [1.54, 1.807) is 11.3 Å². The average Bonchev–Trinajstić information content (AvgIpc) is 3.38. The Hall–Kier alpha value is -3.03. The standard InChI is InChI=1S/C27H31N5OS/c1-17-20(16-33)13-14-27(17,3)32-24-23(25-30-21-11-7-8-12-22(21)34-25)18(2)29-26(31-24)28-15-19-9-5-4-6-10-19/h4-12,17,20,33H,13-16H2,1-3H3,(H2,28,29,31,32). The van der Waals surface area contributed by atoms with Crippen molar-refractivity contribution in [3.63, 3.8) is 0 Å². The third-order valence-corrected chi connectivity index (χ3v) is 8.33. The van der Waals surface area contributed by atoms with Crippen molar-refractivity contribution in [3.05, 3.63) is 65.9 Å². The number of aliphatic hydroxyl groups excluding tert-OH is 1. The van der Waals surface area contributed by atoms with E-state index in [2.05, 4.69) is 42.7 Å². The summed E-state index contributed by atoms with van der Waals surface area (Å²) in [6.45, 7) is 7.36. The van der Waals surface area contributed by atoms with Crippen LogP contribution in [0.3, 0.4) is 0 Å². The molecule has 0 saturated heterocycles. The number of benzene rings is 2. The number of thiazole rings is 1. The van der Waals surface area contributed by atoms with E-state index in [9.17, 15) is 5.11 Å². The number of nitrogens with zero attached hydrogens (tertiary/aromatic N) is 3. The summed E-state index contributed by atoms with van der Waals surface area (Å²) in [6.07, 6.45) is 1.98. The quantitative estimate of drug-likeness (QED) is 0.311. The first-order valence-electron chi connectivity index (χ1n) is 11.9. The molecule has 7 heteroatoms. The molecule has 2 heterocycles. The van der Waals surface area contributed by atoms with E-state index in [4.69, 9.17) is 15.0 Å². The molecule has 2 aromatic carbocycles. The molecule has 3 N–H and O–H groups in total. The molecule has 4 aromatic rings. The number of aryl methyl sites for hydroxylation is 1. The minimum absolute atomic E-state index is 0.170. The van der Waals surface area contributed by atoms with Crippen LogP contribution in [0.15, 0.2) is 54.6 Å². The lowest BCUT2D eigenvalue weighted by molar-refractivity contribution is 0.187. The molecule has 1 aliphatic carbocycles.